The Hall–Kier alpha value is -1.19. The number of hydrogen-bond acceptors (Lipinski definition) is 5. The molecule has 2 N–H and O–H groups in total. The van der Waals surface area contributed by atoms with Crippen LogP contribution in [0.4, 0.5) is 0 Å². The number of aromatic nitrogens is 1. The molecular formula is C17H31N5O2S2. The van der Waals surface area contributed by atoms with Crippen molar-refractivity contribution in [3.63, 3.8) is 0 Å². The Bertz CT molecular complexity index is 679. The molecule has 0 atom stereocenters. The van der Waals surface area contributed by atoms with Crippen molar-refractivity contribution >= 4 is 27.3 Å². The molecule has 1 aromatic heterocycles. The second-order valence-electron chi connectivity index (χ2n) is 6.46. The van der Waals surface area contributed by atoms with Gasteiger partial charge in [0.05, 0.1) is 10.8 Å². The molecule has 2 heterocycles. The van der Waals surface area contributed by atoms with E-state index < -0.39 is 10.0 Å². The summed E-state index contributed by atoms with van der Waals surface area (Å²) < 4.78 is 25.9. The third-order valence-corrected chi connectivity index (χ3v) is 7.73. The van der Waals surface area contributed by atoms with Crippen molar-refractivity contribution in [2.24, 2.45) is 4.99 Å². The fourth-order valence-electron chi connectivity index (χ4n) is 2.97. The third kappa shape index (κ3) is 6.21. The normalized spacial score (nSPS) is 17.4. The largest absolute Gasteiger partial charge is 0.356 e. The van der Waals surface area contributed by atoms with Crippen LogP contribution in [-0.4, -0.2) is 62.1 Å². The van der Waals surface area contributed by atoms with Gasteiger partial charge in [-0.15, -0.1) is 11.3 Å². The molecule has 0 aromatic carbocycles. The predicted molar refractivity (Wildman–Crippen MR) is 108 cm³/mol. The van der Waals surface area contributed by atoms with Crippen LogP contribution in [0.3, 0.4) is 0 Å². The van der Waals surface area contributed by atoms with Crippen LogP contribution >= 0.6 is 11.3 Å². The first kappa shape index (κ1) is 21.1. The zero-order chi connectivity index (χ0) is 19.0. The molecule has 0 amide bonds. The molecule has 1 aliphatic heterocycles. The van der Waals surface area contributed by atoms with Gasteiger partial charge in [0.2, 0.25) is 10.0 Å². The van der Waals surface area contributed by atoms with Gasteiger partial charge in [0.25, 0.3) is 0 Å². The molecular weight excluding hydrogens is 370 g/mol. The van der Waals surface area contributed by atoms with E-state index in [1.165, 1.54) is 4.88 Å². The van der Waals surface area contributed by atoms with E-state index in [-0.39, 0.29) is 11.8 Å². The summed E-state index contributed by atoms with van der Waals surface area (Å²) in [7, 11) is -1.32. The lowest BCUT2D eigenvalue weighted by molar-refractivity contribution is 0.306. The van der Waals surface area contributed by atoms with Crippen molar-refractivity contribution in [1.29, 1.82) is 0 Å². The molecule has 1 fully saturated rings. The molecule has 26 heavy (non-hydrogen) atoms. The number of nitrogens with one attached hydrogen (secondary N) is 2. The molecule has 0 saturated carbocycles. The molecule has 148 valence electrons. The van der Waals surface area contributed by atoms with Crippen LogP contribution < -0.4 is 10.6 Å². The minimum Gasteiger partial charge on any atom is -0.356 e. The molecule has 7 nitrogen and oxygen atoms in total. The Morgan fingerprint density at radius 2 is 2.12 bits per heavy atom. The second-order valence-corrected chi connectivity index (χ2v) is 9.74. The number of thiazole rings is 1. The van der Waals surface area contributed by atoms with E-state index in [1.54, 1.807) is 22.7 Å². The average Bonchev–Trinajstić information content (AvgIpc) is 3.09. The maximum absolute atomic E-state index is 12.1. The van der Waals surface area contributed by atoms with Crippen molar-refractivity contribution in [3.05, 3.63) is 16.1 Å². The standard InChI is InChI=1S/C17H31N5O2S2/c1-4-12-26(23,24)22-10-7-14(8-11-22)21-17(18-3)19-9-6-16-20-13-15(5-2)25-16/h13-14H,4-12H2,1-3H3,(H2,18,19,21). The Morgan fingerprint density at radius 1 is 1.38 bits per heavy atom. The van der Waals surface area contributed by atoms with E-state index in [4.69, 9.17) is 0 Å². The van der Waals surface area contributed by atoms with E-state index in [1.807, 2.05) is 13.1 Å². The quantitative estimate of drug-likeness (QED) is 0.511. The molecule has 0 aliphatic carbocycles. The van der Waals surface area contributed by atoms with Gasteiger partial charge >= 0.3 is 0 Å². The Balaban J connectivity index is 1.73. The van der Waals surface area contributed by atoms with Crippen molar-refractivity contribution in [3.8, 4) is 0 Å². The Morgan fingerprint density at radius 3 is 2.69 bits per heavy atom. The molecule has 1 aliphatic rings. The second kappa shape index (κ2) is 10.2. The van der Waals surface area contributed by atoms with E-state index in [0.29, 0.717) is 19.5 Å². The van der Waals surface area contributed by atoms with Gasteiger partial charge in [-0.3, -0.25) is 4.99 Å². The first-order valence-corrected chi connectivity index (χ1v) is 11.8. The van der Waals surface area contributed by atoms with Crippen molar-refractivity contribution in [2.75, 3.05) is 32.4 Å². The lowest BCUT2D eigenvalue weighted by Crippen LogP contribution is -2.50. The third-order valence-electron chi connectivity index (χ3n) is 4.46. The lowest BCUT2D eigenvalue weighted by Gasteiger charge is -2.32. The van der Waals surface area contributed by atoms with E-state index in [9.17, 15) is 8.42 Å². The monoisotopic (exact) mass is 401 g/mol. The summed E-state index contributed by atoms with van der Waals surface area (Å²) in [4.78, 5) is 10.0. The summed E-state index contributed by atoms with van der Waals surface area (Å²) in [6.45, 7) is 5.97. The number of aryl methyl sites for hydroxylation is 1. The van der Waals surface area contributed by atoms with Crippen LogP contribution in [0.1, 0.15) is 43.0 Å². The van der Waals surface area contributed by atoms with Gasteiger partial charge in [0.1, 0.15) is 0 Å². The van der Waals surface area contributed by atoms with Crippen molar-refractivity contribution < 1.29 is 8.42 Å². The number of rotatable bonds is 8. The van der Waals surface area contributed by atoms with Crippen LogP contribution in [-0.2, 0) is 22.9 Å². The topological polar surface area (TPSA) is 86.7 Å². The van der Waals surface area contributed by atoms with Gasteiger partial charge in [0, 0.05) is 50.2 Å². The summed E-state index contributed by atoms with van der Waals surface area (Å²) in [5.41, 5.74) is 0. The summed E-state index contributed by atoms with van der Waals surface area (Å²) in [6.07, 6.45) is 6.12. The number of piperidine rings is 1. The fourth-order valence-corrected chi connectivity index (χ4v) is 5.37. The highest BCUT2D eigenvalue weighted by atomic mass is 32.2. The summed E-state index contributed by atoms with van der Waals surface area (Å²) in [5, 5.41) is 7.88. The summed E-state index contributed by atoms with van der Waals surface area (Å²) in [5.74, 6) is 1.01. The predicted octanol–water partition coefficient (Wildman–Crippen LogP) is 1.62. The maximum atomic E-state index is 12.1. The Kier molecular flexibility index (Phi) is 8.30. The number of guanidine groups is 1. The Labute approximate surface area is 161 Å². The van der Waals surface area contributed by atoms with Crippen LogP contribution in [0.25, 0.3) is 0 Å². The zero-order valence-corrected chi connectivity index (χ0v) is 17.6. The first-order chi connectivity index (χ1) is 12.5. The molecule has 1 aromatic rings. The van der Waals surface area contributed by atoms with Crippen LogP contribution in [0.5, 0.6) is 0 Å². The SMILES string of the molecule is CCCS(=O)(=O)N1CCC(NC(=NC)NCCc2ncc(CC)s2)CC1. The smallest absolute Gasteiger partial charge is 0.214 e. The highest BCUT2D eigenvalue weighted by Crippen LogP contribution is 2.15. The van der Waals surface area contributed by atoms with Gasteiger partial charge < -0.3 is 10.6 Å². The fraction of sp³-hybridized carbons (Fsp3) is 0.765. The lowest BCUT2D eigenvalue weighted by atomic mass is 10.1. The molecule has 1 saturated heterocycles. The number of aliphatic imine (C=N–C) groups is 1. The van der Waals surface area contributed by atoms with E-state index >= 15 is 0 Å². The van der Waals surface area contributed by atoms with Gasteiger partial charge in [-0.2, -0.15) is 0 Å². The minimum absolute atomic E-state index is 0.241. The number of sulfonamides is 1. The summed E-state index contributed by atoms with van der Waals surface area (Å²) in [6, 6.07) is 0.251. The highest BCUT2D eigenvalue weighted by Gasteiger charge is 2.27. The minimum atomic E-state index is -3.08. The molecule has 0 radical (unpaired) electrons. The first-order valence-electron chi connectivity index (χ1n) is 9.37. The van der Waals surface area contributed by atoms with Crippen molar-refractivity contribution in [2.45, 2.75) is 52.0 Å². The molecule has 9 heteroatoms. The molecule has 2 rings (SSSR count). The van der Waals surface area contributed by atoms with Gasteiger partial charge in [-0.25, -0.2) is 17.7 Å². The highest BCUT2D eigenvalue weighted by molar-refractivity contribution is 7.89. The van der Waals surface area contributed by atoms with Crippen LogP contribution in [0.15, 0.2) is 11.2 Å². The van der Waals surface area contributed by atoms with Crippen LogP contribution in [0.2, 0.25) is 0 Å². The number of hydrogen-bond donors (Lipinski definition) is 2. The van der Waals surface area contributed by atoms with Gasteiger partial charge in [0.15, 0.2) is 5.96 Å². The average molecular weight is 402 g/mol. The van der Waals surface area contributed by atoms with E-state index in [0.717, 1.165) is 43.2 Å². The van der Waals surface area contributed by atoms with Gasteiger partial charge in [-0.05, 0) is 25.7 Å². The summed E-state index contributed by atoms with van der Waals surface area (Å²) >= 11 is 1.76. The number of nitrogens with zero attached hydrogens (tertiary/aromatic N) is 3. The molecule has 0 bridgehead atoms. The molecule has 0 spiro atoms. The van der Waals surface area contributed by atoms with Crippen molar-refractivity contribution in [1.82, 2.24) is 19.9 Å². The zero-order valence-electron chi connectivity index (χ0n) is 16.0. The van der Waals surface area contributed by atoms with E-state index in [2.05, 4.69) is 27.5 Å². The molecule has 0 unspecified atom stereocenters. The van der Waals surface area contributed by atoms with Crippen LogP contribution in [0, 0.1) is 0 Å². The maximum Gasteiger partial charge on any atom is 0.214 e. The van der Waals surface area contributed by atoms with Gasteiger partial charge in [-0.1, -0.05) is 13.8 Å².